The number of rotatable bonds is 6. The summed E-state index contributed by atoms with van der Waals surface area (Å²) >= 11 is 1.76. The summed E-state index contributed by atoms with van der Waals surface area (Å²) in [7, 11) is 0. The fraction of sp³-hybridized carbons (Fsp3) is 0. The minimum atomic E-state index is 0.621. The van der Waals surface area contributed by atoms with Gasteiger partial charge in [0.25, 0.3) is 0 Å². The van der Waals surface area contributed by atoms with Crippen molar-refractivity contribution in [2.75, 3.05) is 0 Å². The molecule has 0 saturated heterocycles. The fourth-order valence-corrected chi connectivity index (χ4v) is 8.59. The maximum atomic E-state index is 6.56. The van der Waals surface area contributed by atoms with E-state index in [2.05, 4.69) is 91.0 Å². The van der Waals surface area contributed by atoms with Gasteiger partial charge in [-0.2, -0.15) is 0 Å². The van der Waals surface area contributed by atoms with Gasteiger partial charge in [-0.25, -0.2) is 24.9 Å². The van der Waals surface area contributed by atoms with Crippen molar-refractivity contribution in [1.29, 1.82) is 0 Å². The summed E-state index contributed by atoms with van der Waals surface area (Å²) in [5.41, 5.74) is 9.87. The van der Waals surface area contributed by atoms with Crippen LogP contribution in [0.3, 0.4) is 0 Å². The molecular weight excluding hydrogens is 707 g/mol. The van der Waals surface area contributed by atoms with Gasteiger partial charge in [-0.1, -0.05) is 140 Å². The van der Waals surface area contributed by atoms with E-state index < -0.39 is 0 Å². The Morgan fingerprint density at radius 3 is 1.73 bits per heavy atom. The van der Waals surface area contributed by atoms with E-state index in [9.17, 15) is 0 Å². The van der Waals surface area contributed by atoms with E-state index in [0.29, 0.717) is 28.9 Å². The minimum absolute atomic E-state index is 0.621. The SMILES string of the molecule is c1ccc(-c2cccc(-c3nc(-c4ccc5sc6cccc(-c7nc(-c8ccccc8)nc(-c8ccccc8)n7)c6c5c4)c4oc5ccccc5c4n3)c2)cc1. The molecule has 7 heteroatoms. The molecule has 0 bridgehead atoms. The lowest BCUT2D eigenvalue weighted by molar-refractivity contribution is 0.667. The van der Waals surface area contributed by atoms with Crippen LogP contribution >= 0.6 is 11.3 Å². The van der Waals surface area contributed by atoms with E-state index in [-0.39, 0.29) is 0 Å². The normalized spacial score (nSPS) is 11.6. The third kappa shape index (κ3) is 5.52. The molecule has 0 spiro atoms. The van der Waals surface area contributed by atoms with Crippen LogP contribution in [0.25, 0.3) is 110 Å². The highest BCUT2D eigenvalue weighted by Gasteiger charge is 2.21. The summed E-state index contributed by atoms with van der Waals surface area (Å²) in [5, 5.41) is 3.13. The van der Waals surface area contributed by atoms with Gasteiger partial charge in [0.2, 0.25) is 0 Å². The molecule has 4 aromatic heterocycles. The van der Waals surface area contributed by atoms with Crippen molar-refractivity contribution < 1.29 is 4.42 Å². The van der Waals surface area contributed by atoms with E-state index >= 15 is 0 Å². The van der Waals surface area contributed by atoms with E-state index in [1.165, 1.54) is 0 Å². The number of para-hydroxylation sites is 1. The van der Waals surface area contributed by atoms with Gasteiger partial charge >= 0.3 is 0 Å². The lowest BCUT2D eigenvalue weighted by Crippen LogP contribution is -2.00. The average Bonchev–Trinajstić information content (AvgIpc) is 3.85. The molecule has 0 aliphatic heterocycles. The first kappa shape index (κ1) is 32.1. The number of hydrogen-bond donors (Lipinski definition) is 0. The van der Waals surface area contributed by atoms with Crippen molar-refractivity contribution in [2.45, 2.75) is 0 Å². The molecule has 6 nitrogen and oxygen atoms in total. The van der Waals surface area contributed by atoms with Gasteiger partial charge in [0.1, 0.15) is 16.8 Å². The predicted molar refractivity (Wildman–Crippen MR) is 228 cm³/mol. The van der Waals surface area contributed by atoms with Gasteiger partial charge in [0.15, 0.2) is 28.9 Å². The number of nitrogens with zero attached hydrogens (tertiary/aromatic N) is 5. The Kier molecular flexibility index (Phi) is 7.57. The van der Waals surface area contributed by atoms with Gasteiger partial charge in [-0.05, 0) is 47.5 Å². The standard InChI is InChI=1S/C49H29N5OS/c1-4-14-30(15-5-1)33-20-12-21-35(28-33)48-50-43(45-44(51-48)36-22-10-11-24-39(36)55-45)34-26-27-40-38(29-34)42-37(23-13-25-41(42)56-40)49-53-46(31-16-6-2-7-17-31)52-47(54-49)32-18-8-3-9-19-32/h1-29H. The van der Waals surface area contributed by atoms with Crippen molar-refractivity contribution >= 4 is 53.6 Å². The second-order valence-corrected chi connectivity index (χ2v) is 14.7. The molecule has 4 heterocycles. The number of hydrogen-bond acceptors (Lipinski definition) is 7. The highest BCUT2D eigenvalue weighted by molar-refractivity contribution is 7.26. The molecule has 0 atom stereocenters. The maximum Gasteiger partial charge on any atom is 0.180 e. The number of thiophene rings is 1. The van der Waals surface area contributed by atoms with Gasteiger partial charge in [0, 0.05) is 53.4 Å². The van der Waals surface area contributed by atoms with Crippen LogP contribution in [0.4, 0.5) is 0 Å². The highest BCUT2D eigenvalue weighted by Crippen LogP contribution is 2.43. The molecule has 11 aromatic rings. The summed E-state index contributed by atoms with van der Waals surface area (Å²) in [4.78, 5) is 25.6. The Morgan fingerprint density at radius 2 is 0.982 bits per heavy atom. The van der Waals surface area contributed by atoms with Crippen molar-refractivity contribution in [3.63, 3.8) is 0 Å². The van der Waals surface area contributed by atoms with Gasteiger partial charge < -0.3 is 4.42 Å². The summed E-state index contributed by atoms with van der Waals surface area (Å²) < 4.78 is 8.86. The molecule has 7 aromatic carbocycles. The average molecular weight is 736 g/mol. The lowest BCUT2D eigenvalue weighted by atomic mass is 10.0. The first-order valence-corrected chi connectivity index (χ1v) is 19.2. The second kappa shape index (κ2) is 13.2. The number of fused-ring (bicyclic) bond motifs is 6. The molecule has 0 saturated carbocycles. The fourth-order valence-electron chi connectivity index (χ4n) is 7.47. The molecule has 0 fully saturated rings. The zero-order valence-corrected chi connectivity index (χ0v) is 30.6. The maximum absolute atomic E-state index is 6.56. The van der Waals surface area contributed by atoms with Gasteiger partial charge in [0.05, 0.1) is 0 Å². The van der Waals surface area contributed by atoms with Crippen molar-refractivity contribution in [3.8, 4) is 67.9 Å². The molecule has 0 aliphatic carbocycles. The quantitative estimate of drug-likeness (QED) is 0.169. The first-order valence-electron chi connectivity index (χ1n) is 18.4. The Labute approximate surface area is 325 Å². The number of furan rings is 1. The highest BCUT2D eigenvalue weighted by atomic mass is 32.1. The molecule has 0 unspecified atom stereocenters. The molecule has 262 valence electrons. The molecule has 0 N–H and O–H groups in total. The van der Waals surface area contributed by atoms with Crippen LogP contribution in [0.2, 0.25) is 0 Å². The van der Waals surface area contributed by atoms with Crippen LogP contribution in [0.15, 0.2) is 180 Å². The Morgan fingerprint density at radius 1 is 0.375 bits per heavy atom. The number of benzene rings is 7. The smallest absolute Gasteiger partial charge is 0.180 e. The summed E-state index contributed by atoms with van der Waals surface area (Å²) in [6, 6.07) is 59.9. The lowest BCUT2D eigenvalue weighted by Gasteiger charge is -2.10. The summed E-state index contributed by atoms with van der Waals surface area (Å²) in [6.45, 7) is 0. The van der Waals surface area contributed by atoms with E-state index in [0.717, 1.165) is 81.3 Å². The van der Waals surface area contributed by atoms with E-state index in [4.69, 9.17) is 29.3 Å². The third-order valence-electron chi connectivity index (χ3n) is 10.2. The van der Waals surface area contributed by atoms with Crippen molar-refractivity contribution in [3.05, 3.63) is 176 Å². The van der Waals surface area contributed by atoms with Gasteiger partial charge in [-0.3, -0.25) is 0 Å². The van der Waals surface area contributed by atoms with Crippen LogP contribution in [0.1, 0.15) is 0 Å². The summed E-state index contributed by atoms with van der Waals surface area (Å²) in [6.07, 6.45) is 0. The molecular formula is C49H29N5OS. The van der Waals surface area contributed by atoms with Crippen molar-refractivity contribution in [2.24, 2.45) is 0 Å². The Bertz CT molecular complexity index is 3190. The van der Waals surface area contributed by atoms with E-state index in [1.807, 2.05) is 84.9 Å². The van der Waals surface area contributed by atoms with Crippen LogP contribution < -0.4 is 0 Å². The van der Waals surface area contributed by atoms with Crippen LogP contribution in [0, 0.1) is 0 Å². The molecule has 11 rings (SSSR count). The van der Waals surface area contributed by atoms with Gasteiger partial charge in [-0.15, -0.1) is 11.3 Å². The Hall–Kier alpha value is -7.35. The number of aromatic nitrogens is 5. The third-order valence-corrected chi connectivity index (χ3v) is 11.3. The van der Waals surface area contributed by atoms with Crippen molar-refractivity contribution in [1.82, 2.24) is 24.9 Å². The van der Waals surface area contributed by atoms with Crippen LogP contribution in [-0.2, 0) is 0 Å². The second-order valence-electron chi connectivity index (χ2n) is 13.6. The topological polar surface area (TPSA) is 77.6 Å². The largest absolute Gasteiger partial charge is 0.452 e. The molecule has 0 aliphatic rings. The monoisotopic (exact) mass is 735 g/mol. The van der Waals surface area contributed by atoms with E-state index in [1.54, 1.807) is 11.3 Å². The molecule has 0 amide bonds. The first-order chi connectivity index (χ1) is 27.7. The molecule has 0 radical (unpaired) electrons. The summed E-state index contributed by atoms with van der Waals surface area (Å²) in [5.74, 6) is 2.52. The predicted octanol–water partition coefficient (Wildman–Crippen LogP) is 12.9. The zero-order valence-electron chi connectivity index (χ0n) is 29.8. The minimum Gasteiger partial charge on any atom is -0.452 e. The zero-order chi connectivity index (χ0) is 37.0. The Balaban J connectivity index is 1.13. The van der Waals surface area contributed by atoms with Crippen LogP contribution in [0.5, 0.6) is 0 Å². The van der Waals surface area contributed by atoms with Crippen LogP contribution in [-0.4, -0.2) is 24.9 Å². The molecule has 56 heavy (non-hydrogen) atoms.